The van der Waals surface area contributed by atoms with Crippen LogP contribution in [0.25, 0.3) is 0 Å². The molecule has 24 heavy (non-hydrogen) atoms. The van der Waals surface area contributed by atoms with E-state index >= 15 is 0 Å². The van der Waals surface area contributed by atoms with Crippen molar-refractivity contribution in [1.82, 2.24) is 4.90 Å². The zero-order valence-corrected chi connectivity index (χ0v) is 14.4. The fraction of sp³-hybridized carbons (Fsp3) is 0.278. The molecule has 0 unspecified atom stereocenters. The zero-order valence-electron chi connectivity index (χ0n) is 13.5. The van der Waals surface area contributed by atoms with Gasteiger partial charge in [-0.2, -0.15) is 0 Å². The van der Waals surface area contributed by atoms with Crippen LogP contribution in [0.3, 0.4) is 0 Å². The van der Waals surface area contributed by atoms with Crippen LogP contribution in [0.15, 0.2) is 48.5 Å². The summed E-state index contributed by atoms with van der Waals surface area (Å²) in [7, 11) is 1.67. The van der Waals surface area contributed by atoms with Gasteiger partial charge in [-0.25, -0.2) is 4.39 Å². The van der Waals surface area contributed by atoms with Gasteiger partial charge in [-0.1, -0.05) is 6.07 Å². The maximum atomic E-state index is 13.2. The van der Waals surface area contributed by atoms with Gasteiger partial charge in [0.15, 0.2) is 5.11 Å². The lowest BCUT2D eigenvalue weighted by atomic mass is 10.2. The summed E-state index contributed by atoms with van der Waals surface area (Å²) in [4.78, 5) is 4.43. The molecule has 1 saturated heterocycles. The number of hydrogen-bond acceptors (Lipinski definition) is 3. The molecular weight excluding hydrogens is 325 g/mol. The molecule has 0 spiro atoms. The topological polar surface area (TPSA) is 27.7 Å². The van der Waals surface area contributed by atoms with Crippen molar-refractivity contribution in [2.45, 2.75) is 0 Å². The van der Waals surface area contributed by atoms with E-state index in [9.17, 15) is 4.39 Å². The van der Waals surface area contributed by atoms with Crippen LogP contribution in [0.4, 0.5) is 15.8 Å². The Morgan fingerprint density at radius 1 is 1.08 bits per heavy atom. The molecule has 1 heterocycles. The minimum absolute atomic E-state index is 0.271. The predicted octanol–water partition coefficient (Wildman–Crippen LogP) is 3.35. The maximum absolute atomic E-state index is 13.2. The van der Waals surface area contributed by atoms with E-state index in [1.807, 2.05) is 18.2 Å². The third-order valence-corrected chi connectivity index (χ3v) is 4.44. The Morgan fingerprint density at radius 3 is 2.42 bits per heavy atom. The molecule has 0 saturated carbocycles. The second kappa shape index (κ2) is 7.49. The van der Waals surface area contributed by atoms with Crippen LogP contribution in [0.1, 0.15) is 0 Å². The summed E-state index contributed by atoms with van der Waals surface area (Å²) in [6.07, 6.45) is 0. The highest BCUT2D eigenvalue weighted by atomic mass is 32.1. The Kier molecular flexibility index (Phi) is 5.15. The van der Waals surface area contributed by atoms with E-state index in [1.165, 1.54) is 17.8 Å². The molecule has 1 N–H and O–H groups in total. The Labute approximate surface area is 146 Å². The lowest BCUT2D eigenvalue weighted by Crippen LogP contribution is -2.50. The first kappa shape index (κ1) is 16.5. The number of rotatable bonds is 3. The van der Waals surface area contributed by atoms with Crippen molar-refractivity contribution in [3.05, 3.63) is 54.3 Å². The fourth-order valence-corrected chi connectivity index (χ4v) is 3.03. The molecule has 1 aliphatic rings. The molecule has 2 aromatic rings. The van der Waals surface area contributed by atoms with E-state index < -0.39 is 0 Å². The first-order valence-electron chi connectivity index (χ1n) is 7.86. The van der Waals surface area contributed by atoms with E-state index in [0.29, 0.717) is 10.8 Å². The summed E-state index contributed by atoms with van der Waals surface area (Å²) in [5.74, 6) is 0.588. The van der Waals surface area contributed by atoms with Crippen LogP contribution in [-0.4, -0.2) is 43.3 Å². The minimum Gasteiger partial charge on any atom is -0.497 e. The zero-order chi connectivity index (χ0) is 16.9. The highest BCUT2D eigenvalue weighted by molar-refractivity contribution is 7.80. The molecule has 0 atom stereocenters. The molecule has 126 valence electrons. The quantitative estimate of drug-likeness (QED) is 0.861. The van der Waals surface area contributed by atoms with Gasteiger partial charge in [0.2, 0.25) is 0 Å². The molecule has 2 aromatic carbocycles. The number of hydrogen-bond donors (Lipinski definition) is 1. The van der Waals surface area contributed by atoms with Gasteiger partial charge in [0.05, 0.1) is 7.11 Å². The van der Waals surface area contributed by atoms with Gasteiger partial charge in [0, 0.05) is 37.6 Å². The molecule has 0 aliphatic carbocycles. The average molecular weight is 345 g/mol. The molecule has 4 nitrogen and oxygen atoms in total. The normalized spacial score (nSPS) is 14.4. The molecule has 1 fully saturated rings. The minimum atomic E-state index is -0.271. The first-order chi connectivity index (χ1) is 11.7. The maximum Gasteiger partial charge on any atom is 0.173 e. The van der Waals surface area contributed by atoms with Crippen LogP contribution < -0.4 is 15.0 Å². The molecule has 0 radical (unpaired) electrons. The summed E-state index contributed by atoms with van der Waals surface area (Å²) in [5.41, 5.74) is 1.86. The van der Waals surface area contributed by atoms with E-state index in [2.05, 4.69) is 27.2 Å². The van der Waals surface area contributed by atoms with E-state index in [4.69, 9.17) is 17.0 Å². The summed E-state index contributed by atoms with van der Waals surface area (Å²) in [5, 5.41) is 3.74. The summed E-state index contributed by atoms with van der Waals surface area (Å²) < 4.78 is 18.4. The third-order valence-electron chi connectivity index (χ3n) is 4.08. The smallest absolute Gasteiger partial charge is 0.173 e. The number of anilines is 2. The van der Waals surface area contributed by atoms with Crippen molar-refractivity contribution in [3.8, 4) is 5.75 Å². The predicted molar refractivity (Wildman–Crippen MR) is 99.4 cm³/mol. The molecule has 0 aromatic heterocycles. The summed E-state index contributed by atoms with van der Waals surface area (Å²) in [6, 6.07) is 14.4. The number of thiocarbonyl (C=S) groups is 1. The van der Waals surface area contributed by atoms with Gasteiger partial charge < -0.3 is 19.9 Å². The highest BCUT2D eigenvalue weighted by Crippen LogP contribution is 2.21. The van der Waals surface area contributed by atoms with Crippen LogP contribution in [0.2, 0.25) is 0 Å². The number of ether oxygens (including phenoxy) is 1. The molecule has 0 bridgehead atoms. The first-order valence-corrected chi connectivity index (χ1v) is 8.27. The van der Waals surface area contributed by atoms with Gasteiger partial charge in [0.25, 0.3) is 0 Å². The second-order valence-corrected chi connectivity index (χ2v) is 6.00. The van der Waals surface area contributed by atoms with Crippen molar-refractivity contribution < 1.29 is 9.13 Å². The number of halogens is 1. The summed E-state index contributed by atoms with van der Waals surface area (Å²) in [6.45, 7) is 3.43. The molecule has 6 heteroatoms. The Balaban J connectivity index is 1.55. The van der Waals surface area contributed by atoms with E-state index in [-0.39, 0.29) is 5.82 Å². The van der Waals surface area contributed by atoms with Crippen molar-refractivity contribution >= 4 is 28.7 Å². The van der Waals surface area contributed by atoms with Crippen LogP contribution in [0.5, 0.6) is 5.75 Å². The van der Waals surface area contributed by atoms with Crippen molar-refractivity contribution in [2.24, 2.45) is 0 Å². The van der Waals surface area contributed by atoms with Gasteiger partial charge >= 0.3 is 0 Å². The Hall–Kier alpha value is -2.34. The number of nitrogens with zero attached hydrogens (tertiary/aromatic N) is 2. The number of piperazine rings is 1. The Bertz CT molecular complexity index is 700. The second-order valence-electron chi connectivity index (χ2n) is 5.61. The third kappa shape index (κ3) is 3.94. The average Bonchev–Trinajstić information content (AvgIpc) is 2.62. The molecular formula is C18H20FN3OS. The van der Waals surface area contributed by atoms with Crippen LogP contribution in [-0.2, 0) is 0 Å². The van der Waals surface area contributed by atoms with E-state index in [1.54, 1.807) is 13.2 Å². The van der Waals surface area contributed by atoms with Gasteiger partial charge in [-0.15, -0.1) is 0 Å². The largest absolute Gasteiger partial charge is 0.497 e. The van der Waals surface area contributed by atoms with Crippen molar-refractivity contribution in [2.75, 3.05) is 43.5 Å². The van der Waals surface area contributed by atoms with Gasteiger partial charge in [0.1, 0.15) is 11.6 Å². The van der Waals surface area contributed by atoms with Crippen molar-refractivity contribution in [3.63, 3.8) is 0 Å². The monoisotopic (exact) mass is 345 g/mol. The van der Waals surface area contributed by atoms with Crippen LogP contribution in [0, 0.1) is 5.82 Å². The van der Waals surface area contributed by atoms with E-state index in [0.717, 1.165) is 31.9 Å². The number of benzene rings is 2. The highest BCUT2D eigenvalue weighted by Gasteiger charge is 2.19. The molecule has 1 aliphatic heterocycles. The number of methoxy groups -OCH3 is 1. The number of nitrogens with one attached hydrogen (secondary N) is 1. The Morgan fingerprint density at radius 2 is 1.79 bits per heavy atom. The standard InChI is InChI=1S/C18H20FN3OS/c1-23-17-7-5-16(6-8-17)21-9-11-22(12-10-21)18(24)20-15-4-2-3-14(19)13-15/h2-8,13H,9-12H2,1H3,(H,20,24). The summed E-state index contributed by atoms with van der Waals surface area (Å²) >= 11 is 5.44. The molecule has 3 rings (SSSR count). The van der Waals surface area contributed by atoms with Crippen LogP contribution >= 0.6 is 12.2 Å². The lowest BCUT2D eigenvalue weighted by molar-refractivity contribution is 0.390. The van der Waals surface area contributed by atoms with Gasteiger partial charge in [-0.3, -0.25) is 0 Å². The molecule has 0 amide bonds. The van der Waals surface area contributed by atoms with Gasteiger partial charge in [-0.05, 0) is 54.7 Å². The lowest BCUT2D eigenvalue weighted by Gasteiger charge is -2.37. The van der Waals surface area contributed by atoms with Crippen molar-refractivity contribution in [1.29, 1.82) is 0 Å². The fourth-order valence-electron chi connectivity index (χ4n) is 2.73. The SMILES string of the molecule is COc1ccc(N2CCN(C(=S)Nc3cccc(F)c3)CC2)cc1.